The van der Waals surface area contributed by atoms with Crippen LogP contribution in [0.4, 0.5) is 0 Å². The first kappa shape index (κ1) is 14.1. The quantitative estimate of drug-likeness (QED) is 0.700. The largest absolute Gasteiger partial charge is 0.388 e. The molecule has 3 N–H and O–H groups in total. The van der Waals surface area contributed by atoms with Crippen LogP contribution in [0.5, 0.6) is 0 Å². The average molecular weight is 288 g/mol. The Bertz CT molecular complexity index is 568. The Balaban J connectivity index is 1.55. The Labute approximate surface area is 123 Å². The maximum atomic E-state index is 11.7. The summed E-state index contributed by atoms with van der Waals surface area (Å²) in [5.41, 5.74) is 1.40. The van der Waals surface area contributed by atoms with Gasteiger partial charge in [-0.15, -0.1) is 0 Å². The van der Waals surface area contributed by atoms with E-state index in [9.17, 15) is 14.7 Å². The van der Waals surface area contributed by atoms with E-state index < -0.39 is 17.4 Å². The van der Waals surface area contributed by atoms with Gasteiger partial charge in [-0.25, -0.2) is 0 Å². The lowest BCUT2D eigenvalue weighted by molar-refractivity contribution is -0.140. The fourth-order valence-corrected chi connectivity index (χ4v) is 2.74. The first-order valence-electron chi connectivity index (χ1n) is 7.44. The SMILES string of the molecule is O=C(NC[C@]1(O)CCc2ccccc2C1)C(=O)NC1CC1. The number of amides is 2. The van der Waals surface area contributed by atoms with E-state index >= 15 is 0 Å². The standard InChI is InChI=1S/C16H20N2O3/c19-14(15(20)18-13-5-6-13)17-10-16(21)8-7-11-3-1-2-4-12(11)9-16/h1-4,13,21H,5-10H2,(H,17,19)(H,18,20)/t16-/m0/s1. The summed E-state index contributed by atoms with van der Waals surface area (Å²) in [6, 6.07) is 8.17. The zero-order valence-electron chi connectivity index (χ0n) is 11.9. The highest BCUT2D eigenvalue weighted by Crippen LogP contribution is 2.28. The highest BCUT2D eigenvalue weighted by Gasteiger charge is 2.33. The molecule has 0 aliphatic heterocycles. The molecule has 21 heavy (non-hydrogen) atoms. The summed E-state index contributed by atoms with van der Waals surface area (Å²) in [6.45, 7) is 0.109. The molecule has 1 saturated carbocycles. The van der Waals surface area contributed by atoms with Crippen molar-refractivity contribution in [3.63, 3.8) is 0 Å². The number of fused-ring (bicyclic) bond motifs is 1. The van der Waals surface area contributed by atoms with Crippen LogP contribution in [0.1, 0.15) is 30.4 Å². The zero-order chi connectivity index (χ0) is 14.9. The lowest BCUT2D eigenvalue weighted by Crippen LogP contribution is -2.50. The Morgan fingerprint density at radius 3 is 2.62 bits per heavy atom. The van der Waals surface area contributed by atoms with Crippen molar-refractivity contribution in [3.8, 4) is 0 Å². The summed E-state index contributed by atoms with van der Waals surface area (Å²) in [5, 5.41) is 15.8. The Morgan fingerprint density at radius 1 is 1.19 bits per heavy atom. The van der Waals surface area contributed by atoms with Crippen molar-refractivity contribution < 1.29 is 14.7 Å². The van der Waals surface area contributed by atoms with Crippen LogP contribution in [-0.2, 0) is 22.4 Å². The molecule has 1 aromatic carbocycles. The molecule has 0 spiro atoms. The molecule has 5 heteroatoms. The van der Waals surface area contributed by atoms with Crippen molar-refractivity contribution in [3.05, 3.63) is 35.4 Å². The maximum absolute atomic E-state index is 11.7. The number of hydrogen-bond acceptors (Lipinski definition) is 3. The van der Waals surface area contributed by atoms with Crippen molar-refractivity contribution in [1.29, 1.82) is 0 Å². The van der Waals surface area contributed by atoms with Gasteiger partial charge in [0.05, 0.1) is 5.60 Å². The van der Waals surface area contributed by atoms with Gasteiger partial charge in [-0.05, 0) is 36.8 Å². The molecule has 0 aromatic heterocycles. The maximum Gasteiger partial charge on any atom is 0.309 e. The third-order valence-corrected chi connectivity index (χ3v) is 4.19. The van der Waals surface area contributed by atoms with E-state index in [1.165, 1.54) is 5.56 Å². The van der Waals surface area contributed by atoms with E-state index in [0.29, 0.717) is 12.8 Å². The second kappa shape index (κ2) is 5.48. The van der Waals surface area contributed by atoms with E-state index in [4.69, 9.17) is 0 Å². The summed E-state index contributed by atoms with van der Waals surface area (Å²) < 4.78 is 0. The highest BCUT2D eigenvalue weighted by atomic mass is 16.3. The second-order valence-corrected chi connectivity index (χ2v) is 6.10. The number of benzene rings is 1. The summed E-state index contributed by atoms with van der Waals surface area (Å²) >= 11 is 0. The van der Waals surface area contributed by atoms with Gasteiger partial charge in [-0.3, -0.25) is 9.59 Å². The van der Waals surface area contributed by atoms with Gasteiger partial charge in [0.2, 0.25) is 0 Å². The van der Waals surface area contributed by atoms with Crippen LogP contribution in [0.3, 0.4) is 0 Å². The van der Waals surface area contributed by atoms with Gasteiger partial charge in [0.1, 0.15) is 0 Å². The second-order valence-electron chi connectivity index (χ2n) is 6.10. The number of rotatable bonds is 3. The first-order valence-corrected chi connectivity index (χ1v) is 7.44. The molecule has 1 aromatic rings. The van der Waals surface area contributed by atoms with Crippen LogP contribution in [0.15, 0.2) is 24.3 Å². The first-order chi connectivity index (χ1) is 10.1. The van der Waals surface area contributed by atoms with Gasteiger partial charge in [-0.1, -0.05) is 24.3 Å². The van der Waals surface area contributed by atoms with Crippen molar-refractivity contribution in [2.75, 3.05) is 6.54 Å². The number of nitrogens with one attached hydrogen (secondary N) is 2. The predicted octanol–water partition coefficient (Wildman–Crippen LogP) is 0.301. The molecule has 5 nitrogen and oxygen atoms in total. The van der Waals surface area contributed by atoms with Crippen molar-refractivity contribution >= 4 is 11.8 Å². The van der Waals surface area contributed by atoms with E-state index in [-0.39, 0.29) is 12.6 Å². The number of hydrogen-bond donors (Lipinski definition) is 3. The lowest BCUT2D eigenvalue weighted by Gasteiger charge is -2.33. The minimum atomic E-state index is -0.968. The topological polar surface area (TPSA) is 78.4 Å². The molecule has 2 amide bonds. The Hall–Kier alpha value is -1.88. The van der Waals surface area contributed by atoms with Crippen LogP contribution in [0, 0.1) is 0 Å². The van der Waals surface area contributed by atoms with Gasteiger partial charge in [0.15, 0.2) is 0 Å². The highest BCUT2D eigenvalue weighted by molar-refractivity contribution is 6.35. The molecule has 0 unspecified atom stereocenters. The van der Waals surface area contributed by atoms with E-state index in [1.807, 2.05) is 18.2 Å². The van der Waals surface area contributed by atoms with Crippen molar-refractivity contribution in [2.24, 2.45) is 0 Å². The molecular formula is C16H20N2O3. The van der Waals surface area contributed by atoms with Gasteiger partial charge >= 0.3 is 11.8 Å². The van der Waals surface area contributed by atoms with E-state index in [0.717, 1.165) is 24.8 Å². The summed E-state index contributed by atoms with van der Waals surface area (Å²) in [4.78, 5) is 23.3. The van der Waals surface area contributed by atoms with E-state index in [2.05, 4.69) is 16.7 Å². The number of carbonyl (C=O) groups is 2. The molecule has 2 aliphatic rings. The van der Waals surface area contributed by atoms with Gasteiger partial charge in [0, 0.05) is 19.0 Å². The molecular weight excluding hydrogens is 268 g/mol. The number of aryl methyl sites for hydroxylation is 1. The monoisotopic (exact) mass is 288 g/mol. The third kappa shape index (κ3) is 3.42. The smallest absolute Gasteiger partial charge is 0.309 e. The van der Waals surface area contributed by atoms with Gasteiger partial charge in [-0.2, -0.15) is 0 Å². The van der Waals surface area contributed by atoms with Gasteiger partial charge < -0.3 is 15.7 Å². The molecule has 2 aliphatic carbocycles. The van der Waals surface area contributed by atoms with Crippen molar-refractivity contribution in [1.82, 2.24) is 10.6 Å². The Morgan fingerprint density at radius 2 is 1.90 bits per heavy atom. The summed E-state index contributed by atoms with van der Waals surface area (Å²) in [6.07, 6.45) is 3.78. The zero-order valence-corrected chi connectivity index (χ0v) is 11.9. The van der Waals surface area contributed by atoms with Crippen LogP contribution in [0.25, 0.3) is 0 Å². The predicted molar refractivity (Wildman–Crippen MR) is 77.6 cm³/mol. The number of aliphatic hydroxyl groups is 1. The third-order valence-electron chi connectivity index (χ3n) is 4.19. The average Bonchev–Trinajstić information content (AvgIpc) is 3.28. The Kier molecular flexibility index (Phi) is 3.68. The molecule has 3 rings (SSSR count). The number of carbonyl (C=O) groups excluding carboxylic acids is 2. The lowest BCUT2D eigenvalue weighted by atomic mass is 9.80. The van der Waals surface area contributed by atoms with Crippen LogP contribution >= 0.6 is 0 Å². The molecule has 0 radical (unpaired) electrons. The van der Waals surface area contributed by atoms with Crippen LogP contribution in [-0.4, -0.2) is 35.1 Å². The molecule has 1 atom stereocenters. The minimum Gasteiger partial charge on any atom is -0.388 e. The van der Waals surface area contributed by atoms with Crippen molar-refractivity contribution in [2.45, 2.75) is 43.7 Å². The minimum absolute atomic E-state index is 0.109. The van der Waals surface area contributed by atoms with Crippen LogP contribution < -0.4 is 10.6 Å². The normalized spacial score (nSPS) is 24.0. The molecule has 0 saturated heterocycles. The summed E-state index contributed by atoms with van der Waals surface area (Å²) in [7, 11) is 0. The molecule has 0 bridgehead atoms. The fraction of sp³-hybridized carbons (Fsp3) is 0.500. The molecule has 1 fully saturated rings. The van der Waals surface area contributed by atoms with Crippen LogP contribution in [0.2, 0.25) is 0 Å². The van der Waals surface area contributed by atoms with Gasteiger partial charge in [0.25, 0.3) is 0 Å². The molecule has 0 heterocycles. The summed E-state index contributed by atoms with van der Waals surface area (Å²) in [5.74, 6) is -1.26. The molecule has 112 valence electrons. The van der Waals surface area contributed by atoms with E-state index in [1.54, 1.807) is 0 Å². The fourth-order valence-electron chi connectivity index (χ4n) is 2.74.